The molecule has 9 heteroatoms. The van der Waals surface area contributed by atoms with Gasteiger partial charge in [0.05, 0.1) is 16.9 Å². The van der Waals surface area contributed by atoms with Crippen molar-refractivity contribution in [3.05, 3.63) is 122 Å². The van der Waals surface area contributed by atoms with E-state index in [0.29, 0.717) is 28.3 Å². The third kappa shape index (κ3) is 2.53. The summed E-state index contributed by atoms with van der Waals surface area (Å²) in [6.07, 6.45) is 0. The second-order valence-corrected chi connectivity index (χ2v) is 8.72. The maximum absolute atomic E-state index is 14.1. The van der Waals surface area contributed by atoms with Crippen LogP contribution in [0.2, 0.25) is 0 Å². The van der Waals surface area contributed by atoms with Crippen molar-refractivity contribution in [3.8, 4) is 16.9 Å². The second-order valence-electron chi connectivity index (χ2n) is 8.72. The van der Waals surface area contributed by atoms with Gasteiger partial charge in [0, 0.05) is 22.4 Å². The van der Waals surface area contributed by atoms with Crippen LogP contribution >= 0.6 is 0 Å². The number of rotatable bonds is 2. The van der Waals surface area contributed by atoms with Crippen molar-refractivity contribution in [2.45, 2.75) is 5.41 Å². The minimum absolute atomic E-state index is 0.113. The summed E-state index contributed by atoms with van der Waals surface area (Å²) in [7, 11) is 0. The molecule has 2 aliphatic heterocycles. The Morgan fingerprint density at radius 1 is 0.722 bits per heavy atom. The van der Waals surface area contributed by atoms with Gasteiger partial charge in [0.25, 0.3) is 5.56 Å². The molecule has 3 aromatic carbocycles. The highest BCUT2D eigenvalue weighted by Crippen LogP contribution is 2.55. The van der Waals surface area contributed by atoms with Crippen molar-refractivity contribution in [3.63, 3.8) is 0 Å². The van der Waals surface area contributed by atoms with Crippen molar-refractivity contribution in [2.24, 2.45) is 0 Å². The molecule has 2 aromatic heterocycles. The van der Waals surface area contributed by atoms with Crippen LogP contribution in [0, 0.1) is 0 Å². The predicted octanol–water partition coefficient (Wildman–Crippen LogP) is 3.26. The Kier molecular flexibility index (Phi) is 4.02. The van der Waals surface area contributed by atoms with Crippen LogP contribution in [0.4, 0.5) is 17.3 Å². The number of aromatic amines is 2. The minimum Gasteiger partial charge on any atom is -0.326 e. The lowest BCUT2D eigenvalue weighted by Gasteiger charge is -2.34. The Balaban J connectivity index is 1.69. The summed E-state index contributed by atoms with van der Waals surface area (Å²) < 4.78 is 1.70. The van der Waals surface area contributed by atoms with Gasteiger partial charge in [0.2, 0.25) is 5.91 Å². The molecular weight excluding hydrogens is 456 g/mol. The van der Waals surface area contributed by atoms with E-state index < -0.39 is 22.6 Å². The number of anilines is 3. The first kappa shape index (κ1) is 20.2. The molecule has 1 amide bonds. The van der Waals surface area contributed by atoms with Crippen molar-refractivity contribution in [1.82, 2.24) is 19.7 Å². The topological polar surface area (TPSA) is 125 Å². The molecule has 0 aliphatic carbocycles. The number of benzene rings is 3. The van der Waals surface area contributed by atoms with Crippen LogP contribution < -0.4 is 21.9 Å². The van der Waals surface area contributed by atoms with Crippen molar-refractivity contribution in [1.29, 1.82) is 0 Å². The molecule has 1 spiro atoms. The minimum atomic E-state index is -1.55. The van der Waals surface area contributed by atoms with Crippen LogP contribution in [-0.2, 0) is 10.2 Å². The molecule has 0 radical (unpaired) electrons. The van der Waals surface area contributed by atoms with Crippen molar-refractivity contribution < 1.29 is 4.79 Å². The lowest BCUT2D eigenvalue weighted by Crippen LogP contribution is -2.46. The molecule has 7 rings (SSSR count). The van der Waals surface area contributed by atoms with Gasteiger partial charge >= 0.3 is 5.69 Å². The lowest BCUT2D eigenvalue weighted by molar-refractivity contribution is -0.118. The van der Waals surface area contributed by atoms with Crippen LogP contribution in [0.3, 0.4) is 0 Å². The zero-order valence-electron chi connectivity index (χ0n) is 18.7. The fraction of sp³-hybridized carbons (Fsp3) is 0.0370. The largest absolute Gasteiger partial charge is 0.327 e. The Bertz CT molecular complexity index is 1800. The van der Waals surface area contributed by atoms with Gasteiger partial charge < -0.3 is 10.6 Å². The highest BCUT2D eigenvalue weighted by molar-refractivity contribution is 6.14. The average Bonchev–Trinajstić information content (AvgIpc) is 3.41. The number of amides is 1. The van der Waals surface area contributed by atoms with Crippen molar-refractivity contribution >= 4 is 23.2 Å². The van der Waals surface area contributed by atoms with Gasteiger partial charge in [-0.3, -0.25) is 19.6 Å². The Hall–Kier alpha value is -5.18. The van der Waals surface area contributed by atoms with Crippen LogP contribution in [-0.4, -0.2) is 25.7 Å². The summed E-state index contributed by atoms with van der Waals surface area (Å²) in [4.78, 5) is 44.8. The monoisotopic (exact) mass is 474 g/mol. The van der Waals surface area contributed by atoms with E-state index in [9.17, 15) is 14.4 Å². The summed E-state index contributed by atoms with van der Waals surface area (Å²) in [5.74, 6) is 0.246. The highest BCUT2D eigenvalue weighted by Gasteiger charge is 2.58. The summed E-state index contributed by atoms with van der Waals surface area (Å²) in [6, 6.07) is 26.3. The van der Waals surface area contributed by atoms with E-state index in [1.54, 1.807) is 10.7 Å². The normalized spacial score (nSPS) is 17.2. The highest BCUT2D eigenvalue weighted by atomic mass is 16.2. The number of carbonyl (C=O) groups excluding carboxylic acids is 1. The van der Waals surface area contributed by atoms with E-state index in [0.717, 1.165) is 11.3 Å². The van der Waals surface area contributed by atoms with E-state index in [2.05, 4.69) is 20.6 Å². The zero-order valence-corrected chi connectivity index (χ0v) is 18.7. The standard InChI is InChI=1S/C27H18N6O3/c34-24-20-22(30-26(36)31-24)29-23-19(27(20)17-13-7-8-14-18(17)28-25(27)35)21(15-9-3-1-4-10-15)32-33(23)16-11-5-2-6-12-16/h1-14H,(H,28,35)(H3,29,30,31,34,36). The van der Waals surface area contributed by atoms with Crippen molar-refractivity contribution in [2.75, 3.05) is 10.6 Å². The van der Waals surface area contributed by atoms with Gasteiger partial charge in [-0.05, 0) is 18.2 Å². The van der Waals surface area contributed by atoms with E-state index in [1.807, 2.05) is 78.9 Å². The maximum Gasteiger partial charge on any atom is 0.327 e. The molecule has 4 N–H and O–H groups in total. The molecule has 9 nitrogen and oxygen atoms in total. The fourth-order valence-corrected chi connectivity index (χ4v) is 5.38. The molecule has 174 valence electrons. The van der Waals surface area contributed by atoms with E-state index in [1.165, 1.54) is 0 Å². The SMILES string of the molecule is O=C1Nc2ccccc2C12c1c(-c3ccccc3)nn(-c3ccccc3)c1Nc1[nH]c(=O)[nH]c(=O)c12. The quantitative estimate of drug-likeness (QED) is 0.313. The molecule has 5 aromatic rings. The van der Waals surface area contributed by atoms with Crippen LogP contribution in [0.15, 0.2) is 94.5 Å². The number of hydrogen-bond acceptors (Lipinski definition) is 5. The average molecular weight is 474 g/mol. The molecule has 1 unspecified atom stereocenters. The first-order chi connectivity index (χ1) is 17.6. The Morgan fingerprint density at radius 2 is 1.42 bits per heavy atom. The van der Waals surface area contributed by atoms with Gasteiger partial charge in [-0.1, -0.05) is 66.7 Å². The first-order valence-electron chi connectivity index (χ1n) is 11.4. The van der Waals surface area contributed by atoms with Gasteiger partial charge in [-0.15, -0.1) is 0 Å². The predicted molar refractivity (Wildman–Crippen MR) is 135 cm³/mol. The third-order valence-corrected chi connectivity index (χ3v) is 6.79. The van der Waals surface area contributed by atoms with E-state index in [-0.39, 0.29) is 11.4 Å². The maximum atomic E-state index is 14.1. The molecule has 36 heavy (non-hydrogen) atoms. The molecule has 1 atom stereocenters. The summed E-state index contributed by atoms with van der Waals surface area (Å²) in [5.41, 5.74) is 1.06. The summed E-state index contributed by atoms with van der Waals surface area (Å²) in [5, 5.41) is 11.2. The number of aromatic nitrogens is 4. The van der Waals surface area contributed by atoms with E-state index >= 15 is 0 Å². The number of para-hydroxylation sites is 2. The number of hydrogen-bond donors (Lipinski definition) is 4. The number of fused-ring (bicyclic) bond motifs is 6. The molecule has 4 heterocycles. The first-order valence-corrected chi connectivity index (χ1v) is 11.4. The number of carbonyl (C=O) groups is 1. The van der Waals surface area contributed by atoms with Gasteiger partial charge in [-0.25, -0.2) is 9.48 Å². The number of nitrogens with one attached hydrogen (secondary N) is 4. The molecule has 2 aliphatic rings. The molecule has 0 saturated heterocycles. The van der Waals surface area contributed by atoms with Crippen LogP contribution in [0.25, 0.3) is 16.9 Å². The number of nitrogens with zero attached hydrogens (tertiary/aromatic N) is 2. The molecule has 0 bridgehead atoms. The van der Waals surface area contributed by atoms with Crippen LogP contribution in [0.5, 0.6) is 0 Å². The molecular formula is C27H18N6O3. The number of H-pyrrole nitrogens is 2. The van der Waals surface area contributed by atoms with Gasteiger partial charge in [0.15, 0.2) is 0 Å². The lowest BCUT2D eigenvalue weighted by atomic mass is 9.68. The zero-order chi connectivity index (χ0) is 24.4. The Labute approximate surface area is 203 Å². The summed E-state index contributed by atoms with van der Waals surface area (Å²) in [6.45, 7) is 0. The van der Waals surface area contributed by atoms with E-state index in [4.69, 9.17) is 5.10 Å². The molecule has 0 fully saturated rings. The third-order valence-electron chi connectivity index (χ3n) is 6.79. The smallest absolute Gasteiger partial charge is 0.326 e. The summed E-state index contributed by atoms with van der Waals surface area (Å²) >= 11 is 0. The van der Waals surface area contributed by atoms with Crippen LogP contribution in [0.1, 0.15) is 16.7 Å². The van der Waals surface area contributed by atoms with Gasteiger partial charge in [-0.2, -0.15) is 5.10 Å². The fourth-order valence-electron chi connectivity index (χ4n) is 5.38. The Morgan fingerprint density at radius 3 is 2.19 bits per heavy atom. The molecule has 0 saturated carbocycles. The van der Waals surface area contributed by atoms with Gasteiger partial charge in [0.1, 0.15) is 17.1 Å². The second kappa shape index (κ2) is 7.16.